The van der Waals surface area contributed by atoms with E-state index in [0.717, 1.165) is 31.8 Å². The standard InChI is InChI=1S/C20H33N5O2/c1-25-10-7-20(15-21,8-11-25)24-19(26)17(16-5-3-2-4-6-16)13-23-18-14-27-12-9-22-18/h16-17H,2-14H2,1H3,(H,22,23)(H,24,26). The molecule has 0 radical (unpaired) electrons. The van der Waals surface area contributed by atoms with E-state index >= 15 is 0 Å². The summed E-state index contributed by atoms with van der Waals surface area (Å²) in [5, 5.41) is 16.3. The second-order valence-corrected chi connectivity index (χ2v) is 8.25. The number of carbonyl (C=O) groups excluding carboxylic acids is 1. The highest BCUT2D eigenvalue weighted by atomic mass is 16.5. The van der Waals surface area contributed by atoms with Crippen LogP contribution in [0.15, 0.2) is 4.99 Å². The lowest BCUT2D eigenvalue weighted by atomic mass is 9.78. The molecule has 27 heavy (non-hydrogen) atoms. The number of likely N-dealkylation sites (tertiary alicyclic amines) is 1. The molecule has 0 bridgehead atoms. The van der Waals surface area contributed by atoms with E-state index in [0.29, 0.717) is 45.1 Å². The Bertz CT molecular complexity index is 571. The van der Waals surface area contributed by atoms with Crippen molar-refractivity contribution < 1.29 is 9.53 Å². The van der Waals surface area contributed by atoms with Gasteiger partial charge in [-0.2, -0.15) is 5.26 Å². The van der Waals surface area contributed by atoms with Crippen LogP contribution in [0.1, 0.15) is 44.9 Å². The number of hydrogen-bond donors (Lipinski definition) is 2. The number of piperidine rings is 1. The highest BCUT2D eigenvalue weighted by Gasteiger charge is 2.39. The Morgan fingerprint density at radius 2 is 2.11 bits per heavy atom. The quantitative estimate of drug-likeness (QED) is 0.756. The lowest BCUT2D eigenvalue weighted by Gasteiger charge is -2.38. The molecule has 0 aromatic carbocycles. The van der Waals surface area contributed by atoms with Crippen molar-refractivity contribution in [3.8, 4) is 6.07 Å². The summed E-state index contributed by atoms with van der Waals surface area (Å²) >= 11 is 0. The van der Waals surface area contributed by atoms with E-state index in [-0.39, 0.29) is 11.8 Å². The van der Waals surface area contributed by atoms with Crippen LogP contribution in [0.2, 0.25) is 0 Å². The highest BCUT2D eigenvalue weighted by molar-refractivity contribution is 5.85. The van der Waals surface area contributed by atoms with Crippen molar-refractivity contribution in [3.63, 3.8) is 0 Å². The molecule has 150 valence electrons. The smallest absolute Gasteiger partial charge is 0.226 e. The van der Waals surface area contributed by atoms with E-state index in [9.17, 15) is 10.1 Å². The predicted octanol–water partition coefficient (Wildman–Crippen LogP) is 1.31. The molecule has 3 rings (SSSR count). The van der Waals surface area contributed by atoms with Gasteiger partial charge in [0.15, 0.2) is 0 Å². The van der Waals surface area contributed by atoms with Gasteiger partial charge in [-0.15, -0.1) is 0 Å². The van der Waals surface area contributed by atoms with Crippen molar-refractivity contribution in [1.82, 2.24) is 15.5 Å². The first-order valence-electron chi connectivity index (χ1n) is 10.4. The van der Waals surface area contributed by atoms with E-state index in [1.807, 2.05) is 0 Å². The summed E-state index contributed by atoms with van der Waals surface area (Å²) < 4.78 is 5.44. The van der Waals surface area contributed by atoms with Crippen molar-refractivity contribution in [3.05, 3.63) is 0 Å². The lowest BCUT2D eigenvalue weighted by Crippen LogP contribution is -2.57. The summed E-state index contributed by atoms with van der Waals surface area (Å²) in [4.78, 5) is 19.9. The molecule has 1 saturated carbocycles. The lowest BCUT2D eigenvalue weighted by molar-refractivity contribution is -0.128. The van der Waals surface area contributed by atoms with Crippen molar-refractivity contribution in [1.29, 1.82) is 5.26 Å². The van der Waals surface area contributed by atoms with Crippen molar-refractivity contribution in [2.24, 2.45) is 16.8 Å². The van der Waals surface area contributed by atoms with Crippen molar-refractivity contribution in [2.75, 3.05) is 46.4 Å². The highest BCUT2D eigenvalue weighted by Crippen LogP contribution is 2.31. The number of ether oxygens (including phenoxy) is 1. The zero-order valence-corrected chi connectivity index (χ0v) is 16.5. The molecule has 7 nitrogen and oxygen atoms in total. The Hall–Kier alpha value is -1.65. The molecule has 2 aliphatic heterocycles. The fraction of sp³-hybridized carbons (Fsp3) is 0.850. The SMILES string of the molecule is CN1CCC(C#N)(NC(=O)C(CNC2=NCCOC2)C2CCCCC2)CC1. The first-order chi connectivity index (χ1) is 13.1. The first-order valence-corrected chi connectivity index (χ1v) is 10.4. The van der Waals surface area contributed by atoms with Crippen LogP contribution in [-0.2, 0) is 9.53 Å². The molecule has 1 unspecified atom stereocenters. The molecule has 7 heteroatoms. The van der Waals surface area contributed by atoms with E-state index in [1.165, 1.54) is 19.3 Å². The van der Waals surface area contributed by atoms with Crippen LogP contribution in [0.4, 0.5) is 0 Å². The molecule has 2 fully saturated rings. The van der Waals surface area contributed by atoms with Gasteiger partial charge in [0.2, 0.25) is 5.91 Å². The Balaban J connectivity index is 1.65. The summed E-state index contributed by atoms with van der Waals surface area (Å²) in [6, 6.07) is 2.41. The number of hydrogen-bond acceptors (Lipinski definition) is 6. The van der Waals surface area contributed by atoms with E-state index in [4.69, 9.17) is 4.74 Å². The minimum atomic E-state index is -0.720. The molecule has 1 atom stereocenters. The average Bonchev–Trinajstić information content (AvgIpc) is 2.72. The Labute approximate surface area is 162 Å². The number of amides is 1. The summed E-state index contributed by atoms with van der Waals surface area (Å²) in [6.45, 7) is 4.08. The largest absolute Gasteiger partial charge is 0.372 e. The molecular formula is C20H33N5O2. The van der Waals surface area contributed by atoms with Crippen LogP contribution < -0.4 is 10.6 Å². The second kappa shape index (κ2) is 9.52. The maximum atomic E-state index is 13.2. The van der Waals surface area contributed by atoms with Gasteiger partial charge in [0.05, 0.1) is 25.1 Å². The molecule has 1 amide bonds. The van der Waals surface area contributed by atoms with E-state index in [2.05, 4.69) is 33.6 Å². The number of nitriles is 1. The van der Waals surface area contributed by atoms with Crippen LogP contribution >= 0.6 is 0 Å². The molecule has 2 heterocycles. The van der Waals surface area contributed by atoms with Gasteiger partial charge in [-0.3, -0.25) is 9.79 Å². The Morgan fingerprint density at radius 1 is 1.37 bits per heavy atom. The second-order valence-electron chi connectivity index (χ2n) is 8.25. The predicted molar refractivity (Wildman–Crippen MR) is 104 cm³/mol. The number of rotatable bonds is 5. The average molecular weight is 376 g/mol. The first kappa shape index (κ1) is 20.1. The third-order valence-corrected chi connectivity index (χ3v) is 6.28. The third-order valence-electron chi connectivity index (χ3n) is 6.28. The summed E-state index contributed by atoms with van der Waals surface area (Å²) in [6.07, 6.45) is 7.19. The molecule has 2 N–H and O–H groups in total. The molecule has 0 aromatic rings. The normalized spacial score (nSPS) is 25.1. The molecular weight excluding hydrogens is 342 g/mol. The third kappa shape index (κ3) is 5.43. The van der Waals surface area contributed by atoms with E-state index < -0.39 is 5.54 Å². The van der Waals surface area contributed by atoms with Crippen LogP contribution in [0.5, 0.6) is 0 Å². The Morgan fingerprint density at radius 3 is 2.74 bits per heavy atom. The molecule has 0 spiro atoms. The molecule has 3 aliphatic rings. The van der Waals surface area contributed by atoms with Gasteiger partial charge in [-0.05, 0) is 38.6 Å². The maximum absolute atomic E-state index is 13.2. The van der Waals surface area contributed by atoms with Gasteiger partial charge in [0.1, 0.15) is 18.0 Å². The van der Waals surface area contributed by atoms with Crippen molar-refractivity contribution in [2.45, 2.75) is 50.5 Å². The van der Waals surface area contributed by atoms with Gasteiger partial charge < -0.3 is 20.3 Å². The number of aliphatic imine (C=N–C) groups is 1. The fourth-order valence-corrected chi connectivity index (χ4v) is 4.40. The monoisotopic (exact) mass is 375 g/mol. The maximum Gasteiger partial charge on any atom is 0.226 e. The van der Waals surface area contributed by atoms with Gasteiger partial charge in [0.25, 0.3) is 0 Å². The van der Waals surface area contributed by atoms with Crippen LogP contribution in [0.3, 0.4) is 0 Å². The van der Waals surface area contributed by atoms with Crippen LogP contribution in [0.25, 0.3) is 0 Å². The number of amidine groups is 1. The van der Waals surface area contributed by atoms with Crippen LogP contribution in [0, 0.1) is 23.2 Å². The molecule has 1 aliphatic carbocycles. The van der Waals surface area contributed by atoms with E-state index in [1.54, 1.807) is 0 Å². The number of carbonyl (C=O) groups is 1. The topological polar surface area (TPSA) is 89.8 Å². The fourth-order valence-electron chi connectivity index (χ4n) is 4.40. The summed E-state index contributed by atoms with van der Waals surface area (Å²) in [5.74, 6) is 1.11. The van der Waals surface area contributed by atoms with Gasteiger partial charge in [-0.1, -0.05) is 19.3 Å². The minimum Gasteiger partial charge on any atom is -0.372 e. The number of nitrogens with zero attached hydrogens (tertiary/aromatic N) is 3. The van der Waals surface area contributed by atoms with Crippen LogP contribution in [-0.4, -0.2) is 68.6 Å². The van der Waals surface area contributed by atoms with Gasteiger partial charge in [0, 0.05) is 19.6 Å². The zero-order valence-electron chi connectivity index (χ0n) is 16.5. The number of nitrogens with one attached hydrogen (secondary N) is 2. The molecule has 0 aromatic heterocycles. The van der Waals surface area contributed by atoms with Gasteiger partial charge >= 0.3 is 0 Å². The summed E-state index contributed by atoms with van der Waals surface area (Å²) in [7, 11) is 2.06. The van der Waals surface area contributed by atoms with Crippen molar-refractivity contribution >= 4 is 11.7 Å². The Kier molecular flexibility index (Phi) is 7.08. The summed E-state index contributed by atoms with van der Waals surface area (Å²) in [5.41, 5.74) is -0.720. The minimum absolute atomic E-state index is 0.0258. The van der Waals surface area contributed by atoms with Gasteiger partial charge in [-0.25, -0.2) is 0 Å². The zero-order chi connectivity index (χ0) is 19.1. The molecule has 1 saturated heterocycles.